The van der Waals surface area contributed by atoms with Gasteiger partial charge in [0.25, 0.3) is 0 Å². The topological polar surface area (TPSA) is 42.0 Å². The van der Waals surface area contributed by atoms with Crippen LogP contribution in [-0.2, 0) is 4.79 Å². The molecule has 1 atom stereocenters. The number of rotatable bonds is 4. The molecule has 0 saturated carbocycles. The first kappa shape index (κ1) is 13.6. The molecule has 0 spiro atoms. The third kappa shape index (κ3) is 4.07. The Morgan fingerprint density at radius 1 is 1.26 bits per heavy atom. The molecule has 0 aliphatic carbocycles. The zero-order valence-corrected chi connectivity index (χ0v) is 11.4. The predicted octanol–water partition coefficient (Wildman–Crippen LogP) is 3.87. The summed E-state index contributed by atoms with van der Waals surface area (Å²) in [5.74, 6) is 0.648. The van der Waals surface area contributed by atoms with Gasteiger partial charge in [-0.15, -0.1) is 0 Å². The van der Waals surface area contributed by atoms with Gasteiger partial charge in [0.1, 0.15) is 5.82 Å². The molecule has 1 aromatic heterocycles. The van der Waals surface area contributed by atoms with Gasteiger partial charge in [-0.05, 0) is 23.6 Å². The smallest absolute Gasteiger partial charge is 0.226 e. The first-order chi connectivity index (χ1) is 9.15. The van der Waals surface area contributed by atoms with E-state index in [-0.39, 0.29) is 11.8 Å². The molecule has 4 heteroatoms. The summed E-state index contributed by atoms with van der Waals surface area (Å²) in [5, 5.41) is 3.31. The molecule has 3 nitrogen and oxygen atoms in total. The van der Waals surface area contributed by atoms with Gasteiger partial charge < -0.3 is 5.32 Å². The zero-order valence-electron chi connectivity index (χ0n) is 10.6. The van der Waals surface area contributed by atoms with Crippen molar-refractivity contribution in [2.75, 3.05) is 5.32 Å². The van der Waals surface area contributed by atoms with Crippen LogP contribution in [0, 0.1) is 0 Å². The molecular weight excluding hydrogens is 260 g/mol. The standard InChI is InChI=1S/C15H15ClN2O/c1-11(12-5-3-2-4-6-12)9-15(19)18-14-8-7-13(16)10-17-14/h2-8,10-11H,9H2,1H3,(H,17,18,19)/t11-/m1/s1. The second-order valence-corrected chi connectivity index (χ2v) is 4.86. The molecular formula is C15H15ClN2O. The minimum Gasteiger partial charge on any atom is -0.311 e. The summed E-state index contributed by atoms with van der Waals surface area (Å²) >= 11 is 5.74. The van der Waals surface area contributed by atoms with Crippen molar-refractivity contribution >= 4 is 23.3 Å². The number of carbonyl (C=O) groups excluding carboxylic acids is 1. The highest BCUT2D eigenvalue weighted by Crippen LogP contribution is 2.19. The summed E-state index contributed by atoms with van der Waals surface area (Å²) in [5.41, 5.74) is 1.15. The van der Waals surface area contributed by atoms with Crippen molar-refractivity contribution in [2.24, 2.45) is 0 Å². The second-order valence-electron chi connectivity index (χ2n) is 4.43. The van der Waals surface area contributed by atoms with Gasteiger partial charge in [-0.3, -0.25) is 4.79 Å². The average molecular weight is 275 g/mol. The lowest BCUT2D eigenvalue weighted by Gasteiger charge is -2.11. The third-order valence-corrected chi connectivity index (χ3v) is 3.08. The number of benzene rings is 1. The summed E-state index contributed by atoms with van der Waals surface area (Å²) in [6, 6.07) is 13.4. The molecule has 0 saturated heterocycles. The molecule has 1 amide bonds. The highest BCUT2D eigenvalue weighted by molar-refractivity contribution is 6.30. The molecule has 1 aromatic carbocycles. The number of pyridine rings is 1. The number of nitrogens with zero attached hydrogens (tertiary/aromatic N) is 1. The Labute approximate surface area is 117 Å². The molecule has 0 aliphatic heterocycles. The van der Waals surface area contributed by atoms with Crippen molar-refractivity contribution in [3.63, 3.8) is 0 Å². The lowest BCUT2D eigenvalue weighted by Crippen LogP contribution is -2.15. The fourth-order valence-electron chi connectivity index (χ4n) is 1.82. The number of amides is 1. The fraction of sp³-hybridized carbons (Fsp3) is 0.200. The maximum atomic E-state index is 11.9. The van der Waals surface area contributed by atoms with E-state index in [9.17, 15) is 4.79 Å². The van der Waals surface area contributed by atoms with Crippen LogP contribution in [0.1, 0.15) is 24.8 Å². The number of aromatic nitrogens is 1. The van der Waals surface area contributed by atoms with Gasteiger partial charge in [-0.25, -0.2) is 4.98 Å². The largest absolute Gasteiger partial charge is 0.311 e. The molecule has 2 aromatic rings. The van der Waals surface area contributed by atoms with Gasteiger partial charge in [0.15, 0.2) is 0 Å². The van der Waals surface area contributed by atoms with Crippen LogP contribution in [0.3, 0.4) is 0 Å². The van der Waals surface area contributed by atoms with Gasteiger partial charge in [0.2, 0.25) is 5.91 Å². The first-order valence-electron chi connectivity index (χ1n) is 6.11. The van der Waals surface area contributed by atoms with E-state index in [0.717, 1.165) is 5.56 Å². The van der Waals surface area contributed by atoms with E-state index in [1.165, 1.54) is 6.20 Å². The van der Waals surface area contributed by atoms with Crippen molar-refractivity contribution in [3.8, 4) is 0 Å². The maximum Gasteiger partial charge on any atom is 0.226 e. The van der Waals surface area contributed by atoms with Gasteiger partial charge in [-0.2, -0.15) is 0 Å². The van der Waals surface area contributed by atoms with Crippen molar-refractivity contribution < 1.29 is 4.79 Å². The van der Waals surface area contributed by atoms with Crippen LogP contribution in [0.2, 0.25) is 5.02 Å². The SMILES string of the molecule is C[C@H](CC(=O)Nc1ccc(Cl)cn1)c1ccccc1. The quantitative estimate of drug-likeness (QED) is 0.920. The minimum atomic E-state index is -0.0498. The Morgan fingerprint density at radius 3 is 2.63 bits per heavy atom. The van der Waals surface area contributed by atoms with E-state index < -0.39 is 0 Å². The molecule has 0 unspecified atom stereocenters. The predicted molar refractivity (Wildman–Crippen MR) is 77.4 cm³/mol. The molecule has 0 bridgehead atoms. The van der Waals surface area contributed by atoms with Crippen molar-refractivity contribution in [3.05, 3.63) is 59.2 Å². The average Bonchev–Trinajstić information content (AvgIpc) is 2.42. The molecule has 0 fully saturated rings. The number of nitrogens with one attached hydrogen (secondary N) is 1. The van der Waals surface area contributed by atoms with Crippen LogP contribution in [-0.4, -0.2) is 10.9 Å². The summed E-state index contributed by atoms with van der Waals surface area (Å²) < 4.78 is 0. The Morgan fingerprint density at radius 2 is 2.00 bits per heavy atom. The molecule has 2 rings (SSSR count). The van der Waals surface area contributed by atoms with Crippen LogP contribution in [0.15, 0.2) is 48.7 Å². The Bertz CT molecular complexity index is 540. The van der Waals surface area contributed by atoms with Gasteiger partial charge in [-0.1, -0.05) is 48.9 Å². The molecule has 0 aliphatic rings. The van der Waals surface area contributed by atoms with E-state index in [4.69, 9.17) is 11.6 Å². The van der Waals surface area contributed by atoms with E-state index in [0.29, 0.717) is 17.3 Å². The summed E-state index contributed by atoms with van der Waals surface area (Å²) in [6.45, 7) is 2.03. The van der Waals surface area contributed by atoms with E-state index in [1.54, 1.807) is 12.1 Å². The Kier molecular flexibility index (Phi) is 4.53. The molecule has 0 radical (unpaired) electrons. The lowest BCUT2D eigenvalue weighted by molar-refractivity contribution is -0.116. The highest BCUT2D eigenvalue weighted by atomic mass is 35.5. The normalized spacial score (nSPS) is 11.9. The number of hydrogen-bond donors (Lipinski definition) is 1. The minimum absolute atomic E-state index is 0.0498. The number of hydrogen-bond acceptors (Lipinski definition) is 2. The first-order valence-corrected chi connectivity index (χ1v) is 6.49. The Hall–Kier alpha value is -1.87. The van der Waals surface area contributed by atoms with Crippen LogP contribution < -0.4 is 5.32 Å². The number of anilines is 1. The fourth-order valence-corrected chi connectivity index (χ4v) is 1.93. The molecule has 1 heterocycles. The van der Waals surface area contributed by atoms with Crippen molar-refractivity contribution in [1.82, 2.24) is 4.98 Å². The lowest BCUT2D eigenvalue weighted by atomic mass is 9.98. The Balaban J connectivity index is 1.93. The van der Waals surface area contributed by atoms with Gasteiger partial charge in [0.05, 0.1) is 5.02 Å². The third-order valence-electron chi connectivity index (χ3n) is 2.86. The van der Waals surface area contributed by atoms with Gasteiger partial charge in [0, 0.05) is 12.6 Å². The maximum absolute atomic E-state index is 11.9. The van der Waals surface area contributed by atoms with E-state index in [1.807, 2.05) is 37.3 Å². The summed E-state index contributed by atoms with van der Waals surface area (Å²) in [4.78, 5) is 15.9. The van der Waals surface area contributed by atoms with Crippen molar-refractivity contribution in [2.45, 2.75) is 19.3 Å². The van der Waals surface area contributed by atoms with Crippen LogP contribution in [0.5, 0.6) is 0 Å². The summed E-state index contributed by atoms with van der Waals surface area (Å²) in [7, 11) is 0. The van der Waals surface area contributed by atoms with E-state index >= 15 is 0 Å². The van der Waals surface area contributed by atoms with E-state index in [2.05, 4.69) is 10.3 Å². The van der Waals surface area contributed by atoms with Crippen LogP contribution in [0.4, 0.5) is 5.82 Å². The molecule has 19 heavy (non-hydrogen) atoms. The van der Waals surface area contributed by atoms with Gasteiger partial charge >= 0.3 is 0 Å². The molecule has 1 N–H and O–H groups in total. The zero-order chi connectivity index (χ0) is 13.7. The second kappa shape index (κ2) is 6.34. The summed E-state index contributed by atoms with van der Waals surface area (Å²) in [6.07, 6.45) is 1.94. The number of halogens is 1. The van der Waals surface area contributed by atoms with Crippen LogP contribution >= 0.6 is 11.6 Å². The van der Waals surface area contributed by atoms with Crippen LogP contribution in [0.25, 0.3) is 0 Å². The monoisotopic (exact) mass is 274 g/mol. The number of carbonyl (C=O) groups is 1. The van der Waals surface area contributed by atoms with Crippen molar-refractivity contribution in [1.29, 1.82) is 0 Å². The highest BCUT2D eigenvalue weighted by Gasteiger charge is 2.11. The molecule has 98 valence electrons.